The molecule has 1 fully saturated rings. The Hall–Kier alpha value is -2.77. The molecule has 4 aliphatic rings. The Labute approximate surface area is 221 Å². The molecule has 3 aliphatic carbocycles. The van der Waals surface area contributed by atoms with Gasteiger partial charge in [-0.25, -0.2) is 8.78 Å². The van der Waals surface area contributed by atoms with Crippen LogP contribution in [0.5, 0.6) is 0 Å². The number of benzene rings is 1. The predicted octanol–water partition coefficient (Wildman–Crippen LogP) is 6.54. The largest absolute Gasteiger partial charge is 0.331 e. The van der Waals surface area contributed by atoms with E-state index in [9.17, 15) is 4.79 Å². The second-order valence-electron chi connectivity index (χ2n) is 10.4. The summed E-state index contributed by atoms with van der Waals surface area (Å²) in [5.41, 5.74) is -0.826. The molecule has 1 aromatic rings. The van der Waals surface area contributed by atoms with E-state index in [1.807, 2.05) is 26.0 Å². The Bertz CT molecular complexity index is 1210. The first kappa shape index (κ1) is 25.9. The van der Waals surface area contributed by atoms with E-state index >= 15 is 13.2 Å². The van der Waals surface area contributed by atoms with E-state index in [0.717, 1.165) is 29.0 Å². The molecule has 8 heteroatoms. The molecule has 5 rings (SSSR count). The molecule has 1 heterocycles. The van der Waals surface area contributed by atoms with E-state index in [0.29, 0.717) is 5.02 Å². The summed E-state index contributed by atoms with van der Waals surface area (Å²) in [6.45, 7) is 4.27. The summed E-state index contributed by atoms with van der Waals surface area (Å²) in [5.74, 6) is -2.34. The van der Waals surface area contributed by atoms with Gasteiger partial charge < -0.3 is 4.90 Å². The monoisotopic (exact) mass is 529 g/mol. The number of hydrogen-bond acceptors (Lipinski definition) is 3. The lowest BCUT2D eigenvalue weighted by molar-refractivity contribution is -0.140. The summed E-state index contributed by atoms with van der Waals surface area (Å²) >= 11 is 6.30. The highest BCUT2D eigenvalue weighted by Gasteiger charge is 2.64. The van der Waals surface area contributed by atoms with E-state index in [2.05, 4.69) is 0 Å². The molecule has 0 aromatic heterocycles. The van der Waals surface area contributed by atoms with Crippen molar-refractivity contribution in [2.24, 2.45) is 5.92 Å². The van der Waals surface area contributed by atoms with E-state index in [-0.39, 0.29) is 18.5 Å². The molecular weight excluding hydrogens is 499 g/mol. The molecule has 0 radical (unpaired) electrons. The Kier molecular flexibility index (Phi) is 6.88. The van der Waals surface area contributed by atoms with E-state index in [1.165, 1.54) is 12.1 Å². The van der Waals surface area contributed by atoms with Crippen LogP contribution in [0.4, 0.5) is 13.2 Å². The van der Waals surface area contributed by atoms with Crippen molar-refractivity contribution in [1.29, 1.82) is 0 Å². The fourth-order valence-electron chi connectivity index (χ4n) is 5.83. The molecule has 1 unspecified atom stereocenters. The summed E-state index contributed by atoms with van der Waals surface area (Å²) < 4.78 is 47.1. The zero-order chi connectivity index (χ0) is 26.5. The second-order valence-corrected chi connectivity index (χ2v) is 10.8. The number of hydrogen-bond donors (Lipinski definition) is 0. The zero-order valence-corrected chi connectivity index (χ0v) is 21.9. The number of rotatable bonds is 8. The number of hydrazine groups is 1. The molecule has 1 amide bonds. The van der Waals surface area contributed by atoms with Crippen LogP contribution >= 0.6 is 11.6 Å². The molecule has 0 N–H and O–H groups in total. The SMILES string of the molecule is CC(C)c1ccc(Cl)cc1CN(C(=O)C1=C(F)N(C)N(C2C=CC=C2)C1(C(F)F)C1C=CC=C1)C1CC1. The van der Waals surface area contributed by atoms with E-state index in [4.69, 9.17) is 11.6 Å². The number of carbonyl (C=O) groups excluding carboxylic acids is 1. The highest BCUT2D eigenvalue weighted by Crippen LogP contribution is 2.51. The first-order valence-electron chi connectivity index (χ1n) is 12.7. The van der Waals surface area contributed by atoms with Gasteiger partial charge in [-0.2, -0.15) is 9.40 Å². The van der Waals surface area contributed by atoms with Crippen LogP contribution in [-0.2, 0) is 11.3 Å². The van der Waals surface area contributed by atoms with Gasteiger partial charge in [-0.15, -0.1) is 0 Å². The van der Waals surface area contributed by atoms with Gasteiger partial charge in [-0.3, -0.25) is 9.80 Å². The van der Waals surface area contributed by atoms with Crippen molar-refractivity contribution in [1.82, 2.24) is 14.9 Å². The molecule has 4 nitrogen and oxygen atoms in total. The van der Waals surface area contributed by atoms with Gasteiger partial charge in [0.15, 0.2) is 0 Å². The molecule has 0 saturated heterocycles. The summed E-state index contributed by atoms with van der Waals surface area (Å²) in [6.07, 6.45) is 12.0. The molecule has 1 atom stereocenters. The number of nitrogens with zero attached hydrogens (tertiary/aromatic N) is 3. The summed E-state index contributed by atoms with van der Waals surface area (Å²) in [5, 5.41) is 2.95. The molecule has 0 spiro atoms. The topological polar surface area (TPSA) is 26.8 Å². The first-order valence-corrected chi connectivity index (χ1v) is 13.1. The molecule has 0 bridgehead atoms. The molecule has 1 saturated carbocycles. The quantitative estimate of drug-likeness (QED) is 0.358. The van der Waals surface area contributed by atoms with Crippen LogP contribution in [-0.4, -0.2) is 51.9 Å². The Morgan fingerprint density at radius 3 is 2.30 bits per heavy atom. The Morgan fingerprint density at radius 2 is 1.73 bits per heavy atom. The number of carbonyl (C=O) groups is 1. The number of halogens is 4. The van der Waals surface area contributed by atoms with Gasteiger partial charge in [0.2, 0.25) is 5.95 Å². The van der Waals surface area contributed by atoms with Crippen LogP contribution in [0.3, 0.4) is 0 Å². The average Bonchev–Trinajstić information content (AvgIpc) is 3.21. The van der Waals surface area contributed by atoms with Crippen molar-refractivity contribution < 1.29 is 18.0 Å². The lowest BCUT2D eigenvalue weighted by Crippen LogP contribution is -2.63. The maximum Gasteiger partial charge on any atom is 0.263 e. The smallest absolute Gasteiger partial charge is 0.263 e. The molecular formula is C29H31ClF3N3O. The lowest BCUT2D eigenvalue weighted by atomic mass is 9.77. The van der Waals surface area contributed by atoms with Crippen LogP contribution in [0.2, 0.25) is 5.02 Å². The van der Waals surface area contributed by atoms with Crippen molar-refractivity contribution in [3.05, 3.63) is 94.5 Å². The Balaban J connectivity index is 1.62. The highest BCUT2D eigenvalue weighted by molar-refractivity contribution is 6.30. The maximum atomic E-state index is 16.2. The molecule has 1 aliphatic heterocycles. The standard InChI is InChI=1S/C29H31ClF3N3O/c1-18(2)24-15-12-21(30)16-19(24)17-35(22-13-14-22)27(37)25-26(31)34(3)36(23-10-6-7-11-23)29(25,28(32)33)20-8-4-5-9-20/h4-12,15-16,18,20,22-23,28H,13-14,17H2,1-3H3. The average molecular weight is 530 g/mol. The predicted molar refractivity (Wildman–Crippen MR) is 139 cm³/mol. The van der Waals surface area contributed by atoms with Crippen LogP contribution in [0.25, 0.3) is 0 Å². The number of alkyl halides is 2. The van der Waals surface area contributed by atoms with Crippen LogP contribution < -0.4 is 0 Å². The maximum absolute atomic E-state index is 16.2. The second kappa shape index (κ2) is 9.84. The third kappa shape index (κ3) is 4.26. The van der Waals surface area contributed by atoms with Crippen molar-refractivity contribution in [3.63, 3.8) is 0 Å². The van der Waals surface area contributed by atoms with Gasteiger partial charge in [0.25, 0.3) is 12.3 Å². The van der Waals surface area contributed by atoms with Crippen LogP contribution in [0, 0.1) is 5.92 Å². The highest BCUT2D eigenvalue weighted by atomic mass is 35.5. The number of allylic oxidation sites excluding steroid dienone is 4. The fraction of sp³-hybridized carbons (Fsp3) is 0.414. The first-order chi connectivity index (χ1) is 17.7. The van der Waals surface area contributed by atoms with Crippen LogP contribution in [0.15, 0.2) is 78.3 Å². The minimum atomic E-state index is -3.04. The summed E-state index contributed by atoms with van der Waals surface area (Å²) in [4.78, 5) is 15.9. The van der Waals surface area contributed by atoms with Gasteiger partial charge in [0, 0.05) is 30.6 Å². The van der Waals surface area contributed by atoms with Crippen LogP contribution in [0.1, 0.15) is 43.7 Å². The van der Waals surface area contributed by atoms with Crippen molar-refractivity contribution in [2.45, 2.75) is 63.2 Å². The minimum Gasteiger partial charge on any atom is -0.331 e. The lowest BCUT2D eigenvalue weighted by Gasteiger charge is -2.46. The van der Waals surface area contributed by atoms with Gasteiger partial charge in [0.1, 0.15) is 11.1 Å². The third-order valence-corrected chi connectivity index (χ3v) is 7.96. The van der Waals surface area contributed by atoms with Gasteiger partial charge in [-0.05, 0) is 42.0 Å². The molecule has 196 valence electrons. The van der Waals surface area contributed by atoms with Crippen molar-refractivity contribution in [2.75, 3.05) is 7.05 Å². The Morgan fingerprint density at radius 1 is 1.11 bits per heavy atom. The summed E-state index contributed by atoms with van der Waals surface area (Å²) in [7, 11) is 1.41. The van der Waals surface area contributed by atoms with Crippen molar-refractivity contribution in [3.8, 4) is 0 Å². The van der Waals surface area contributed by atoms with Gasteiger partial charge in [-0.1, -0.05) is 80.1 Å². The normalized spacial score (nSPS) is 24.2. The van der Waals surface area contributed by atoms with Crippen molar-refractivity contribution >= 4 is 17.5 Å². The van der Waals surface area contributed by atoms with Gasteiger partial charge in [0.05, 0.1) is 6.04 Å². The van der Waals surface area contributed by atoms with E-state index in [1.54, 1.807) is 59.6 Å². The minimum absolute atomic E-state index is 0.137. The fourth-order valence-corrected chi connectivity index (χ4v) is 6.02. The zero-order valence-electron chi connectivity index (χ0n) is 21.1. The van der Waals surface area contributed by atoms with Gasteiger partial charge >= 0.3 is 0 Å². The van der Waals surface area contributed by atoms with E-state index < -0.39 is 41.4 Å². The summed E-state index contributed by atoms with van der Waals surface area (Å²) in [6, 6.07) is 4.79. The number of amides is 1. The third-order valence-electron chi connectivity index (χ3n) is 7.72. The molecule has 37 heavy (non-hydrogen) atoms. The molecule has 1 aromatic carbocycles.